The Morgan fingerprint density at radius 1 is 1.29 bits per heavy atom. The standard InChI is InChI=1S/C17H22O4/c1-16(2,3)12-8-6-11(7-9-12)13-10-17(4,14(18)20-5)15(19)21-13/h6-9,13H,10H2,1-5H3/t13-,17-/m0/s1. The topological polar surface area (TPSA) is 52.6 Å². The summed E-state index contributed by atoms with van der Waals surface area (Å²) in [6.07, 6.45) is -0.0801. The van der Waals surface area contributed by atoms with Gasteiger partial charge in [-0.15, -0.1) is 0 Å². The van der Waals surface area contributed by atoms with Crippen LogP contribution >= 0.6 is 0 Å². The quantitative estimate of drug-likeness (QED) is 0.620. The van der Waals surface area contributed by atoms with E-state index in [1.807, 2.05) is 24.3 Å². The highest BCUT2D eigenvalue weighted by molar-refractivity contribution is 6.00. The molecule has 0 N–H and O–H groups in total. The van der Waals surface area contributed by atoms with E-state index in [0.29, 0.717) is 6.42 Å². The van der Waals surface area contributed by atoms with Gasteiger partial charge in [0.2, 0.25) is 0 Å². The van der Waals surface area contributed by atoms with Gasteiger partial charge < -0.3 is 9.47 Å². The highest BCUT2D eigenvalue weighted by Gasteiger charge is 2.52. The third-order valence-corrected chi connectivity index (χ3v) is 4.08. The lowest BCUT2D eigenvalue weighted by Crippen LogP contribution is -2.33. The second-order valence-electron chi connectivity index (χ2n) is 6.79. The molecular weight excluding hydrogens is 268 g/mol. The van der Waals surface area contributed by atoms with Crippen molar-refractivity contribution >= 4 is 11.9 Å². The van der Waals surface area contributed by atoms with Crippen LogP contribution in [0.2, 0.25) is 0 Å². The maximum atomic E-state index is 12.0. The van der Waals surface area contributed by atoms with E-state index in [4.69, 9.17) is 9.47 Å². The molecule has 0 spiro atoms. The molecule has 114 valence electrons. The van der Waals surface area contributed by atoms with Gasteiger partial charge in [-0.2, -0.15) is 0 Å². The highest BCUT2D eigenvalue weighted by Crippen LogP contribution is 2.42. The van der Waals surface area contributed by atoms with Gasteiger partial charge in [-0.1, -0.05) is 45.0 Å². The Morgan fingerprint density at radius 3 is 2.33 bits per heavy atom. The maximum absolute atomic E-state index is 12.0. The van der Waals surface area contributed by atoms with Crippen LogP contribution < -0.4 is 0 Å². The Bertz CT molecular complexity index is 553. The molecule has 1 aliphatic heterocycles. The van der Waals surface area contributed by atoms with E-state index in [0.717, 1.165) is 5.56 Å². The van der Waals surface area contributed by atoms with Crippen LogP contribution in [0, 0.1) is 5.41 Å². The first kappa shape index (κ1) is 15.5. The predicted molar refractivity (Wildman–Crippen MR) is 78.7 cm³/mol. The van der Waals surface area contributed by atoms with Crippen LogP contribution in [0.25, 0.3) is 0 Å². The number of rotatable bonds is 2. The van der Waals surface area contributed by atoms with Gasteiger partial charge in [0.1, 0.15) is 6.10 Å². The van der Waals surface area contributed by atoms with Crippen molar-refractivity contribution in [1.82, 2.24) is 0 Å². The highest BCUT2D eigenvalue weighted by atomic mass is 16.6. The minimum atomic E-state index is -1.21. The van der Waals surface area contributed by atoms with Gasteiger partial charge in [-0.05, 0) is 23.5 Å². The van der Waals surface area contributed by atoms with Crippen molar-refractivity contribution in [2.24, 2.45) is 5.41 Å². The van der Waals surface area contributed by atoms with E-state index in [1.54, 1.807) is 6.92 Å². The number of cyclic esters (lactones) is 1. The van der Waals surface area contributed by atoms with E-state index in [1.165, 1.54) is 12.7 Å². The molecule has 1 heterocycles. The normalized spacial score (nSPS) is 25.6. The SMILES string of the molecule is COC(=O)[C@]1(C)C[C@@H](c2ccc(C(C)(C)C)cc2)OC1=O. The van der Waals surface area contributed by atoms with Gasteiger partial charge in [0.05, 0.1) is 7.11 Å². The first-order valence-electron chi connectivity index (χ1n) is 7.08. The fourth-order valence-corrected chi connectivity index (χ4v) is 2.53. The summed E-state index contributed by atoms with van der Waals surface area (Å²) in [4.78, 5) is 23.8. The van der Waals surface area contributed by atoms with Gasteiger partial charge in [0, 0.05) is 6.42 Å². The molecule has 1 aliphatic rings. The second-order valence-corrected chi connectivity index (χ2v) is 6.79. The van der Waals surface area contributed by atoms with Gasteiger partial charge in [0.15, 0.2) is 5.41 Å². The molecule has 0 bridgehead atoms. The molecule has 1 aromatic carbocycles. The molecule has 0 aliphatic carbocycles. The van der Waals surface area contributed by atoms with Gasteiger partial charge >= 0.3 is 11.9 Å². The fourth-order valence-electron chi connectivity index (χ4n) is 2.53. The predicted octanol–water partition coefficient (Wildman–Crippen LogP) is 3.15. The number of ether oxygens (including phenoxy) is 2. The third kappa shape index (κ3) is 2.80. The molecule has 1 fully saturated rings. The molecule has 0 radical (unpaired) electrons. The van der Waals surface area contributed by atoms with E-state index in [2.05, 4.69) is 20.8 Å². The summed E-state index contributed by atoms with van der Waals surface area (Å²) in [6, 6.07) is 8.00. The molecule has 1 saturated heterocycles. The van der Waals surface area contributed by atoms with Crippen LogP contribution in [0.1, 0.15) is 51.3 Å². The van der Waals surface area contributed by atoms with Crippen LogP contribution in [-0.2, 0) is 24.5 Å². The summed E-state index contributed by atoms with van der Waals surface area (Å²) in [5, 5.41) is 0. The third-order valence-electron chi connectivity index (χ3n) is 4.08. The van der Waals surface area contributed by atoms with E-state index in [9.17, 15) is 9.59 Å². The zero-order chi connectivity index (χ0) is 15.8. The molecule has 0 unspecified atom stereocenters. The molecule has 0 saturated carbocycles. The van der Waals surface area contributed by atoms with Crippen molar-refractivity contribution < 1.29 is 19.1 Å². The van der Waals surface area contributed by atoms with Crippen molar-refractivity contribution in [2.75, 3.05) is 7.11 Å². The van der Waals surface area contributed by atoms with Crippen molar-refractivity contribution in [3.63, 3.8) is 0 Å². The Hall–Kier alpha value is -1.84. The number of hydrogen-bond acceptors (Lipinski definition) is 4. The first-order chi connectivity index (χ1) is 9.68. The molecule has 1 aromatic rings. The molecule has 0 aromatic heterocycles. The number of benzene rings is 1. The summed E-state index contributed by atoms with van der Waals surface area (Å²) in [5.41, 5.74) is 0.989. The van der Waals surface area contributed by atoms with Crippen molar-refractivity contribution in [3.8, 4) is 0 Å². The summed E-state index contributed by atoms with van der Waals surface area (Å²) >= 11 is 0. The zero-order valence-corrected chi connectivity index (χ0v) is 13.2. The second kappa shape index (κ2) is 5.17. The minimum Gasteiger partial charge on any atom is -0.468 e. The largest absolute Gasteiger partial charge is 0.468 e. The van der Waals surface area contributed by atoms with Crippen molar-refractivity contribution in [3.05, 3.63) is 35.4 Å². The smallest absolute Gasteiger partial charge is 0.323 e. The molecule has 2 rings (SSSR count). The number of methoxy groups -OCH3 is 1. The lowest BCUT2D eigenvalue weighted by Gasteiger charge is -2.20. The Balaban J connectivity index is 2.22. The fraction of sp³-hybridized carbons (Fsp3) is 0.529. The van der Waals surface area contributed by atoms with Crippen molar-refractivity contribution in [2.45, 2.75) is 45.6 Å². The van der Waals surface area contributed by atoms with Crippen LogP contribution in [0.3, 0.4) is 0 Å². The summed E-state index contributed by atoms with van der Waals surface area (Å²) in [7, 11) is 1.28. The molecule has 4 nitrogen and oxygen atoms in total. The van der Waals surface area contributed by atoms with E-state index < -0.39 is 23.5 Å². The Labute approximate surface area is 125 Å². The average molecular weight is 290 g/mol. The molecule has 2 atom stereocenters. The maximum Gasteiger partial charge on any atom is 0.323 e. The Kier molecular flexibility index (Phi) is 3.83. The van der Waals surface area contributed by atoms with Crippen LogP contribution in [-0.4, -0.2) is 19.0 Å². The molecular formula is C17H22O4. The number of esters is 2. The average Bonchev–Trinajstić information content (AvgIpc) is 2.74. The summed E-state index contributed by atoms with van der Waals surface area (Å²) in [6.45, 7) is 8.01. The van der Waals surface area contributed by atoms with Crippen LogP contribution in [0.15, 0.2) is 24.3 Å². The first-order valence-corrected chi connectivity index (χ1v) is 7.08. The molecule has 21 heavy (non-hydrogen) atoms. The van der Waals surface area contributed by atoms with Crippen LogP contribution in [0.4, 0.5) is 0 Å². The Morgan fingerprint density at radius 2 is 1.86 bits per heavy atom. The lowest BCUT2D eigenvalue weighted by molar-refractivity contribution is -0.162. The van der Waals surface area contributed by atoms with Gasteiger partial charge in [0.25, 0.3) is 0 Å². The monoisotopic (exact) mass is 290 g/mol. The number of hydrogen-bond donors (Lipinski definition) is 0. The summed E-state index contributed by atoms with van der Waals surface area (Å²) < 4.78 is 10.1. The number of carbonyl (C=O) groups excluding carboxylic acids is 2. The zero-order valence-electron chi connectivity index (χ0n) is 13.2. The van der Waals surface area contributed by atoms with Gasteiger partial charge in [-0.25, -0.2) is 0 Å². The van der Waals surface area contributed by atoms with E-state index >= 15 is 0 Å². The van der Waals surface area contributed by atoms with Gasteiger partial charge in [-0.3, -0.25) is 9.59 Å². The van der Waals surface area contributed by atoms with Crippen molar-refractivity contribution in [1.29, 1.82) is 0 Å². The minimum absolute atomic E-state index is 0.0748. The lowest BCUT2D eigenvalue weighted by atomic mass is 9.84. The number of carbonyl (C=O) groups is 2. The molecule has 4 heteroatoms. The van der Waals surface area contributed by atoms with E-state index in [-0.39, 0.29) is 5.41 Å². The molecule has 0 amide bonds. The van der Waals surface area contributed by atoms with Crippen LogP contribution in [0.5, 0.6) is 0 Å². The summed E-state index contributed by atoms with van der Waals surface area (Å²) in [5.74, 6) is -1.06.